The monoisotopic (exact) mass is 564 g/mol. The molecule has 2 aromatic heterocycles. The number of ether oxygens (including phenoxy) is 2. The van der Waals surface area contributed by atoms with Crippen molar-refractivity contribution in [1.29, 1.82) is 0 Å². The van der Waals surface area contributed by atoms with Crippen LogP contribution in [0.15, 0.2) is 35.2 Å². The van der Waals surface area contributed by atoms with Gasteiger partial charge in [0.05, 0.1) is 17.9 Å². The van der Waals surface area contributed by atoms with Gasteiger partial charge in [-0.05, 0) is 85.1 Å². The maximum atomic E-state index is 13.5. The van der Waals surface area contributed by atoms with Crippen LogP contribution in [-0.4, -0.2) is 45.7 Å². The van der Waals surface area contributed by atoms with Crippen LogP contribution in [0.4, 0.5) is 14.9 Å². The number of anilines is 1. The molecular formula is C25H30BrFN4O5. The first-order valence-electron chi connectivity index (χ1n) is 11.6. The summed E-state index contributed by atoms with van der Waals surface area (Å²) in [6.07, 6.45) is 3.09. The minimum Gasteiger partial charge on any atom is -0.460 e. The zero-order chi connectivity index (χ0) is 26.6. The topological polar surface area (TPSA) is 120 Å². The van der Waals surface area contributed by atoms with Gasteiger partial charge in [0.25, 0.3) is 5.91 Å². The van der Waals surface area contributed by atoms with Crippen molar-refractivity contribution in [1.82, 2.24) is 15.3 Å². The molecule has 36 heavy (non-hydrogen) atoms. The van der Waals surface area contributed by atoms with E-state index >= 15 is 0 Å². The van der Waals surface area contributed by atoms with Crippen molar-refractivity contribution < 1.29 is 28.2 Å². The molecule has 0 radical (unpaired) electrons. The van der Waals surface area contributed by atoms with Gasteiger partial charge in [0.15, 0.2) is 5.82 Å². The molecule has 2 aromatic rings. The van der Waals surface area contributed by atoms with Crippen LogP contribution in [-0.2, 0) is 14.3 Å². The number of aromatic nitrogens is 2. The van der Waals surface area contributed by atoms with Crippen LogP contribution in [0.3, 0.4) is 0 Å². The van der Waals surface area contributed by atoms with Gasteiger partial charge in [-0.25, -0.2) is 14.2 Å². The number of amides is 2. The van der Waals surface area contributed by atoms with Crippen molar-refractivity contribution in [3.05, 3.63) is 52.3 Å². The zero-order valence-electron chi connectivity index (χ0n) is 20.8. The maximum Gasteiger partial charge on any atom is 0.408 e. The molecule has 0 saturated heterocycles. The highest BCUT2D eigenvalue weighted by atomic mass is 79.9. The summed E-state index contributed by atoms with van der Waals surface area (Å²) in [5.41, 5.74) is 0.633. The molecule has 4 atom stereocenters. The van der Waals surface area contributed by atoms with E-state index < -0.39 is 41.5 Å². The van der Waals surface area contributed by atoms with Crippen molar-refractivity contribution in [2.75, 3.05) is 5.32 Å². The summed E-state index contributed by atoms with van der Waals surface area (Å²) in [5.74, 6) is -1.72. The molecule has 194 valence electrons. The summed E-state index contributed by atoms with van der Waals surface area (Å²) in [6.45, 7) is 8.58. The number of nitrogens with one attached hydrogen (secondary N) is 2. The highest BCUT2D eigenvalue weighted by Gasteiger charge is 2.40. The molecule has 0 spiro atoms. The Morgan fingerprint density at radius 3 is 2.53 bits per heavy atom. The lowest BCUT2D eigenvalue weighted by molar-refractivity contribution is -0.152. The molecule has 0 bridgehead atoms. The minimum absolute atomic E-state index is 0.0366. The van der Waals surface area contributed by atoms with E-state index in [1.807, 2.05) is 6.92 Å². The first kappa shape index (κ1) is 27.5. The quantitative estimate of drug-likeness (QED) is 0.388. The van der Waals surface area contributed by atoms with Gasteiger partial charge in [-0.15, -0.1) is 0 Å². The van der Waals surface area contributed by atoms with E-state index in [-0.39, 0.29) is 22.1 Å². The van der Waals surface area contributed by atoms with Gasteiger partial charge in [0.1, 0.15) is 22.0 Å². The van der Waals surface area contributed by atoms with Crippen LogP contribution >= 0.6 is 15.9 Å². The Morgan fingerprint density at radius 1 is 1.17 bits per heavy atom. The number of carbonyl (C=O) groups is 3. The predicted octanol–water partition coefficient (Wildman–Crippen LogP) is 4.97. The molecule has 9 nitrogen and oxygen atoms in total. The van der Waals surface area contributed by atoms with E-state index in [4.69, 9.17) is 9.47 Å². The molecule has 1 aliphatic carbocycles. The number of alkyl carbamates (subject to hydrolysis) is 1. The Morgan fingerprint density at radius 2 is 1.89 bits per heavy atom. The largest absolute Gasteiger partial charge is 0.460 e. The summed E-state index contributed by atoms with van der Waals surface area (Å²) >= 11 is 2.99. The van der Waals surface area contributed by atoms with Crippen LogP contribution in [0.1, 0.15) is 69.4 Å². The summed E-state index contributed by atoms with van der Waals surface area (Å²) in [6, 6.07) is 3.74. The number of halogens is 2. The highest BCUT2D eigenvalue weighted by molar-refractivity contribution is 9.10. The van der Waals surface area contributed by atoms with Gasteiger partial charge in [0.2, 0.25) is 0 Å². The third kappa shape index (κ3) is 7.22. The van der Waals surface area contributed by atoms with Gasteiger partial charge in [-0.2, -0.15) is 0 Å². The number of esters is 1. The molecule has 2 amide bonds. The Balaban J connectivity index is 1.85. The SMILES string of the molecule is CC(=O)OC1C(C)CC(c2ccncc2NC(=O)c2ccc(F)c(Br)n2)CC1NC(=O)OC(C)(C)C. The van der Waals surface area contributed by atoms with Crippen molar-refractivity contribution in [2.45, 2.75) is 71.1 Å². The van der Waals surface area contributed by atoms with Gasteiger partial charge < -0.3 is 20.1 Å². The number of carbonyl (C=O) groups excluding carboxylic acids is 3. The van der Waals surface area contributed by atoms with Crippen LogP contribution in [0, 0.1) is 11.7 Å². The molecule has 0 aromatic carbocycles. The zero-order valence-corrected chi connectivity index (χ0v) is 22.4. The van der Waals surface area contributed by atoms with Gasteiger partial charge in [0, 0.05) is 13.1 Å². The maximum absolute atomic E-state index is 13.5. The van der Waals surface area contributed by atoms with Crippen molar-refractivity contribution in [3.63, 3.8) is 0 Å². The fraction of sp³-hybridized carbons (Fsp3) is 0.480. The molecule has 2 heterocycles. The molecule has 2 N–H and O–H groups in total. The molecule has 1 fully saturated rings. The Kier molecular flexibility index (Phi) is 8.65. The Bertz CT molecular complexity index is 1140. The fourth-order valence-electron chi connectivity index (χ4n) is 4.36. The predicted molar refractivity (Wildman–Crippen MR) is 134 cm³/mol. The van der Waals surface area contributed by atoms with E-state index in [2.05, 4.69) is 36.5 Å². The number of rotatable bonds is 5. The molecule has 11 heteroatoms. The standard InChI is InChI=1S/C25H30BrFN4O5/c1-13-10-15(11-19(21(13)35-14(2)32)31-24(34)36-25(3,4)5)16-8-9-28-12-20(16)30-23(33)18-7-6-17(27)22(26)29-18/h6-9,12-13,15,19,21H,10-11H2,1-5H3,(H,30,33)(H,31,34). The number of hydrogen-bond donors (Lipinski definition) is 2. The number of nitrogens with zero attached hydrogens (tertiary/aromatic N) is 2. The Labute approximate surface area is 217 Å². The fourth-order valence-corrected chi connectivity index (χ4v) is 4.68. The van der Waals surface area contributed by atoms with Crippen molar-refractivity contribution >= 4 is 39.6 Å². The average Bonchev–Trinajstić information content (AvgIpc) is 2.76. The van der Waals surface area contributed by atoms with E-state index in [1.54, 1.807) is 33.0 Å². The molecule has 0 aliphatic heterocycles. The first-order valence-corrected chi connectivity index (χ1v) is 12.4. The average molecular weight is 565 g/mol. The molecule has 3 rings (SSSR count). The summed E-state index contributed by atoms with van der Waals surface area (Å²) in [7, 11) is 0. The summed E-state index contributed by atoms with van der Waals surface area (Å²) < 4.78 is 24.5. The van der Waals surface area contributed by atoms with Crippen molar-refractivity contribution in [3.8, 4) is 0 Å². The van der Waals surface area contributed by atoms with E-state index in [9.17, 15) is 18.8 Å². The molecule has 1 aliphatic rings. The van der Waals surface area contributed by atoms with Crippen molar-refractivity contribution in [2.24, 2.45) is 5.92 Å². The lowest BCUT2D eigenvalue weighted by Gasteiger charge is -2.40. The van der Waals surface area contributed by atoms with Crippen LogP contribution in [0.5, 0.6) is 0 Å². The smallest absolute Gasteiger partial charge is 0.408 e. The van der Waals surface area contributed by atoms with Crippen LogP contribution in [0.2, 0.25) is 0 Å². The normalized spacial score (nSPS) is 21.9. The lowest BCUT2D eigenvalue weighted by Crippen LogP contribution is -2.52. The first-order chi connectivity index (χ1) is 16.8. The molecule has 4 unspecified atom stereocenters. The summed E-state index contributed by atoms with van der Waals surface area (Å²) in [5, 5.41) is 5.68. The van der Waals surface area contributed by atoms with Gasteiger partial charge in [-0.1, -0.05) is 6.92 Å². The lowest BCUT2D eigenvalue weighted by atomic mass is 9.74. The van der Waals surface area contributed by atoms with Crippen LogP contribution in [0.25, 0.3) is 0 Å². The third-order valence-electron chi connectivity index (χ3n) is 5.74. The van der Waals surface area contributed by atoms with E-state index in [0.29, 0.717) is 18.5 Å². The minimum atomic E-state index is -0.688. The second-order valence-corrected chi connectivity index (χ2v) is 10.6. The van der Waals surface area contributed by atoms with Gasteiger partial charge in [-0.3, -0.25) is 14.6 Å². The number of pyridine rings is 2. The molecular weight excluding hydrogens is 535 g/mol. The Hall–Kier alpha value is -3.08. The van der Waals surface area contributed by atoms with Gasteiger partial charge >= 0.3 is 12.1 Å². The van der Waals surface area contributed by atoms with Crippen LogP contribution < -0.4 is 10.6 Å². The van der Waals surface area contributed by atoms with E-state index in [1.165, 1.54) is 19.2 Å². The third-order valence-corrected chi connectivity index (χ3v) is 6.29. The molecule has 1 saturated carbocycles. The highest BCUT2D eigenvalue weighted by Crippen LogP contribution is 2.40. The number of hydrogen-bond acceptors (Lipinski definition) is 7. The second kappa shape index (κ2) is 11.3. The van der Waals surface area contributed by atoms with E-state index in [0.717, 1.165) is 11.6 Å². The second-order valence-electron chi connectivity index (χ2n) is 9.86. The summed E-state index contributed by atoms with van der Waals surface area (Å²) in [4.78, 5) is 45.2.